The number of thioether (sulfide) groups is 1. The molecule has 0 saturated heterocycles. The minimum absolute atomic E-state index is 0.542. The lowest BCUT2D eigenvalue weighted by molar-refractivity contribution is 0.452. The van der Waals surface area contributed by atoms with Crippen LogP contribution in [-0.2, 0) is 5.75 Å². The van der Waals surface area contributed by atoms with Gasteiger partial charge in [-0.25, -0.2) is 9.98 Å². The molecule has 5 nitrogen and oxygen atoms in total. The van der Waals surface area contributed by atoms with Gasteiger partial charge in [0.1, 0.15) is 5.75 Å². The molecule has 0 aliphatic heterocycles. The molecule has 0 saturated carbocycles. The Morgan fingerprint density at radius 1 is 1.10 bits per heavy atom. The summed E-state index contributed by atoms with van der Waals surface area (Å²) in [6, 6.07) is 16.1. The molecule has 6 heteroatoms. The average molecular weight is 407 g/mol. The topological polar surface area (TPSA) is 50.6 Å². The molecule has 0 aliphatic carbocycles. The van der Waals surface area contributed by atoms with Crippen molar-refractivity contribution in [2.75, 3.05) is 13.6 Å². The number of hydrogen-bond donors (Lipinski definition) is 0. The van der Waals surface area contributed by atoms with E-state index >= 15 is 0 Å². The van der Waals surface area contributed by atoms with Crippen LogP contribution in [0.2, 0.25) is 0 Å². The lowest BCUT2D eigenvalue weighted by Crippen LogP contribution is -2.14. The van der Waals surface area contributed by atoms with Crippen molar-refractivity contribution in [2.45, 2.75) is 31.7 Å². The number of aromatic nitrogens is 2. The number of ether oxygens (including phenoxy) is 1. The molecule has 0 amide bonds. The number of rotatable bonds is 8. The summed E-state index contributed by atoms with van der Waals surface area (Å²) >= 11 is 1.59. The standard InChI is InChI=1S/C23H26N4OS/c1-5-27(4)16-25-20-13-18(3)21(14-17(20)2)28-22-11-12-24-23(26-22)29-15-19-9-7-6-8-10-19/h6-14,16H,5,15H2,1-4H3. The van der Waals surface area contributed by atoms with Crippen LogP contribution < -0.4 is 4.74 Å². The minimum atomic E-state index is 0.542. The summed E-state index contributed by atoms with van der Waals surface area (Å²) in [4.78, 5) is 15.5. The van der Waals surface area contributed by atoms with Crippen molar-refractivity contribution in [3.63, 3.8) is 0 Å². The quantitative estimate of drug-likeness (QED) is 0.205. The summed E-state index contributed by atoms with van der Waals surface area (Å²) in [6.45, 7) is 7.06. The van der Waals surface area contributed by atoms with Gasteiger partial charge >= 0.3 is 0 Å². The summed E-state index contributed by atoms with van der Waals surface area (Å²) in [5, 5.41) is 0.699. The second kappa shape index (κ2) is 10.1. The average Bonchev–Trinajstić information content (AvgIpc) is 2.74. The molecular formula is C23H26N4OS. The fraction of sp³-hybridized carbons (Fsp3) is 0.261. The summed E-state index contributed by atoms with van der Waals surface area (Å²) in [6.07, 6.45) is 3.58. The lowest BCUT2D eigenvalue weighted by atomic mass is 10.1. The molecular weight excluding hydrogens is 380 g/mol. The van der Waals surface area contributed by atoms with E-state index in [-0.39, 0.29) is 0 Å². The fourth-order valence-electron chi connectivity index (χ4n) is 2.55. The van der Waals surface area contributed by atoms with Crippen molar-refractivity contribution in [2.24, 2.45) is 4.99 Å². The highest BCUT2D eigenvalue weighted by atomic mass is 32.2. The molecule has 0 N–H and O–H groups in total. The van der Waals surface area contributed by atoms with E-state index in [1.807, 2.05) is 62.5 Å². The Morgan fingerprint density at radius 2 is 1.90 bits per heavy atom. The van der Waals surface area contributed by atoms with E-state index in [4.69, 9.17) is 4.74 Å². The first-order chi connectivity index (χ1) is 14.0. The Kier molecular flexibility index (Phi) is 7.25. The predicted molar refractivity (Wildman–Crippen MR) is 120 cm³/mol. The van der Waals surface area contributed by atoms with Gasteiger partial charge in [-0.15, -0.1) is 0 Å². The van der Waals surface area contributed by atoms with Crippen molar-refractivity contribution >= 4 is 23.8 Å². The molecule has 2 aromatic carbocycles. The summed E-state index contributed by atoms with van der Waals surface area (Å²) in [5.41, 5.74) is 4.25. The van der Waals surface area contributed by atoms with E-state index in [9.17, 15) is 0 Å². The smallest absolute Gasteiger partial charge is 0.223 e. The Morgan fingerprint density at radius 3 is 2.66 bits per heavy atom. The van der Waals surface area contributed by atoms with Gasteiger partial charge in [-0.05, 0) is 49.6 Å². The molecule has 150 valence electrons. The van der Waals surface area contributed by atoms with E-state index in [0.29, 0.717) is 11.0 Å². The SMILES string of the molecule is CCN(C)C=Nc1cc(C)c(Oc2ccnc(SCc3ccccc3)n2)cc1C. The zero-order valence-electron chi connectivity index (χ0n) is 17.3. The molecule has 0 aliphatic rings. The predicted octanol–water partition coefficient (Wildman–Crippen LogP) is 5.79. The number of nitrogens with zero attached hydrogens (tertiary/aromatic N) is 4. The van der Waals surface area contributed by atoms with Crippen LogP contribution in [0.3, 0.4) is 0 Å². The van der Waals surface area contributed by atoms with Crippen LogP contribution >= 0.6 is 11.8 Å². The zero-order valence-corrected chi connectivity index (χ0v) is 18.1. The van der Waals surface area contributed by atoms with Crippen LogP contribution in [-0.4, -0.2) is 34.8 Å². The third kappa shape index (κ3) is 6.06. The molecule has 0 unspecified atom stereocenters. The Bertz CT molecular complexity index is 976. The molecule has 29 heavy (non-hydrogen) atoms. The highest BCUT2D eigenvalue weighted by Gasteiger charge is 2.09. The minimum Gasteiger partial charge on any atom is -0.439 e. The second-order valence-corrected chi connectivity index (χ2v) is 7.72. The number of hydrogen-bond acceptors (Lipinski definition) is 5. The molecule has 1 aromatic heterocycles. The van der Waals surface area contributed by atoms with Crippen LogP contribution in [0.15, 0.2) is 64.9 Å². The number of aryl methyl sites for hydroxylation is 2. The third-order valence-corrected chi connectivity index (χ3v) is 5.35. The van der Waals surface area contributed by atoms with Crippen LogP contribution in [0.1, 0.15) is 23.6 Å². The monoisotopic (exact) mass is 406 g/mol. The van der Waals surface area contributed by atoms with Gasteiger partial charge in [0, 0.05) is 31.6 Å². The summed E-state index contributed by atoms with van der Waals surface area (Å²) < 4.78 is 6.06. The third-order valence-electron chi connectivity index (χ3n) is 4.42. The van der Waals surface area contributed by atoms with E-state index in [0.717, 1.165) is 34.9 Å². The van der Waals surface area contributed by atoms with Gasteiger partial charge in [-0.1, -0.05) is 42.1 Å². The zero-order chi connectivity index (χ0) is 20.6. The lowest BCUT2D eigenvalue weighted by Gasteiger charge is -2.12. The van der Waals surface area contributed by atoms with Gasteiger partial charge in [-0.3, -0.25) is 0 Å². The Labute approximate surface area is 176 Å². The van der Waals surface area contributed by atoms with Crippen molar-refractivity contribution in [3.05, 3.63) is 71.4 Å². The van der Waals surface area contributed by atoms with E-state index in [1.54, 1.807) is 24.0 Å². The first-order valence-electron chi connectivity index (χ1n) is 9.58. The molecule has 0 atom stereocenters. The summed E-state index contributed by atoms with van der Waals surface area (Å²) in [5.74, 6) is 2.14. The maximum absolute atomic E-state index is 6.06. The van der Waals surface area contributed by atoms with E-state index < -0.39 is 0 Å². The first kappa shape index (κ1) is 20.9. The van der Waals surface area contributed by atoms with Crippen molar-refractivity contribution in [1.82, 2.24) is 14.9 Å². The van der Waals surface area contributed by atoms with Gasteiger partial charge in [0.25, 0.3) is 0 Å². The Hall–Kier alpha value is -2.86. The van der Waals surface area contributed by atoms with E-state index in [1.165, 1.54) is 5.56 Å². The van der Waals surface area contributed by atoms with Gasteiger partial charge in [-0.2, -0.15) is 4.98 Å². The van der Waals surface area contributed by atoms with Crippen LogP contribution in [0.5, 0.6) is 11.6 Å². The molecule has 0 fully saturated rings. The number of benzene rings is 2. The number of aliphatic imine (C=N–C) groups is 1. The first-order valence-corrected chi connectivity index (χ1v) is 10.6. The van der Waals surface area contributed by atoms with Crippen LogP contribution in [0, 0.1) is 13.8 Å². The molecule has 3 aromatic rings. The molecule has 0 bridgehead atoms. The van der Waals surface area contributed by atoms with Gasteiger partial charge in [0.2, 0.25) is 5.88 Å². The highest BCUT2D eigenvalue weighted by molar-refractivity contribution is 7.98. The van der Waals surface area contributed by atoms with Crippen molar-refractivity contribution in [3.8, 4) is 11.6 Å². The van der Waals surface area contributed by atoms with Crippen molar-refractivity contribution < 1.29 is 4.74 Å². The molecule has 1 heterocycles. The van der Waals surface area contributed by atoms with Crippen LogP contribution in [0.4, 0.5) is 5.69 Å². The fourth-order valence-corrected chi connectivity index (χ4v) is 3.33. The second-order valence-electron chi connectivity index (χ2n) is 6.78. The molecule has 0 radical (unpaired) electrons. The van der Waals surface area contributed by atoms with Gasteiger partial charge < -0.3 is 9.64 Å². The highest BCUT2D eigenvalue weighted by Crippen LogP contribution is 2.31. The maximum atomic E-state index is 6.06. The van der Waals surface area contributed by atoms with Crippen molar-refractivity contribution in [1.29, 1.82) is 0 Å². The molecule has 0 spiro atoms. The normalized spacial score (nSPS) is 11.0. The largest absolute Gasteiger partial charge is 0.439 e. The van der Waals surface area contributed by atoms with E-state index in [2.05, 4.69) is 34.0 Å². The van der Waals surface area contributed by atoms with Gasteiger partial charge in [0.15, 0.2) is 5.16 Å². The van der Waals surface area contributed by atoms with Crippen LogP contribution in [0.25, 0.3) is 0 Å². The van der Waals surface area contributed by atoms with Gasteiger partial charge in [0.05, 0.1) is 12.0 Å². The summed E-state index contributed by atoms with van der Waals surface area (Å²) in [7, 11) is 2.01. The Balaban J connectivity index is 1.71. The maximum Gasteiger partial charge on any atom is 0.223 e. The molecule has 3 rings (SSSR count).